The van der Waals surface area contributed by atoms with Crippen LogP contribution >= 0.6 is 0 Å². The molecule has 2 heterocycles. The number of nitrogens with one attached hydrogen (secondary N) is 1. The van der Waals surface area contributed by atoms with Gasteiger partial charge >= 0.3 is 6.18 Å². The normalized spacial score (nSPS) is 11.9. The second-order valence-corrected chi connectivity index (χ2v) is 4.29. The SMILES string of the molecule is Cc1cc(NCc2cnn(C)c2C(F)(F)F)n(C)n1. The molecule has 0 fully saturated rings. The van der Waals surface area contributed by atoms with Gasteiger partial charge in [0.2, 0.25) is 0 Å². The van der Waals surface area contributed by atoms with Crippen LogP contribution in [0.25, 0.3) is 0 Å². The number of anilines is 1. The van der Waals surface area contributed by atoms with E-state index >= 15 is 0 Å². The van der Waals surface area contributed by atoms with Gasteiger partial charge in [0.1, 0.15) is 11.5 Å². The Bertz CT molecular complexity index is 582. The molecule has 0 radical (unpaired) electrons. The number of rotatable bonds is 3. The summed E-state index contributed by atoms with van der Waals surface area (Å²) < 4.78 is 41.0. The van der Waals surface area contributed by atoms with Crippen LogP contribution in [0.1, 0.15) is 17.0 Å². The van der Waals surface area contributed by atoms with E-state index in [0.29, 0.717) is 5.82 Å². The van der Waals surface area contributed by atoms with Gasteiger partial charge in [-0.2, -0.15) is 23.4 Å². The van der Waals surface area contributed by atoms with E-state index in [4.69, 9.17) is 0 Å². The molecule has 0 saturated carbocycles. The Morgan fingerprint density at radius 3 is 2.47 bits per heavy atom. The van der Waals surface area contributed by atoms with Crippen molar-refractivity contribution in [2.75, 3.05) is 5.32 Å². The fraction of sp³-hybridized carbons (Fsp3) is 0.455. The quantitative estimate of drug-likeness (QED) is 0.931. The molecule has 0 aliphatic carbocycles. The third-order valence-corrected chi connectivity index (χ3v) is 2.74. The highest BCUT2D eigenvalue weighted by Gasteiger charge is 2.37. The van der Waals surface area contributed by atoms with Gasteiger partial charge in [-0.1, -0.05) is 0 Å². The largest absolute Gasteiger partial charge is 0.433 e. The molecule has 104 valence electrons. The first-order valence-electron chi connectivity index (χ1n) is 5.61. The second kappa shape index (κ2) is 4.60. The van der Waals surface area contributed by atoms with E-state index in [2.05, 4.69) is 15.5 Å². The molecule has 0 spiro atoms. The first-order chi connectivity index (χ1) is 8.79. The van der Waals surface area contributed by atoms with E-state index in [0.717, 1.165) is 10.4 Å². The lowest BCUT2D eigenvalue weighted by Crippen LogP contribution is -2.16. The molecule has 0 amide bonds. The van der Waals surface area contributed by atoms with Crippen molar-refractivity contribution in [1.29, 1.82) is 0 Å². The van der Waals surface area contributed by atoms with E-state index in [1.807, 2.05) is 6.92 Å². The number of hydrogen-bond acceptors (Lipinski definition) is 3. The predicted molar refractivity (Wildman–Crippen MR) is 63.5 cm³/mol. The number of halogens is 3. The molecule has 0 atom stereocenters. The van der Waals surface area contributed by atoms with Crippen LogP contribution in [0, 0.1) is 6.92 Å². The molecule has 0 saturated heterocycles. The molecule has 2 aromatic heterocycles. The van der Waals surface area contributed by atoms with E-state index in [9.17, 15) is 13.2 Å². The Kier molecular flexibility index (Phi) is 3.25. The van der Waals surface area contributed by atoms with Crippen molar-refractivity contribution in [2.45, 2.75) is 19.6 Å². The third-order valence-electron chi connectivity index (χ3n) is 2.74. The van der Waals surface area contributed by atoms with Crippen molar-refractivity contribution in [2.24, 2.45) is 14.1 Å². The Hall–Kier alpha value is -1.99. The molecule has 0 aliphatic rings. The van der Waals surface area contributed by atoms with Gasteiger partial charge in [-0.3, -0.25) is 9.36 Å². The summed E-state index contributed by atoms with van der Waals surface area (Å²) in [5, 5.41) is 10.7. The molecule has 19 heavy (non-hydrogen) atoms. The zero-order valence-corrected chi connectivity index (χ0v) is 10.8. The standard InChI is InChI=1S/C11H14F3N5/c1-7-4-9(18(2)17-7)15-5-8-6-16-19(3)10(8)11(12,13)14/h4,6,15H,5H2,1-3H3. The summed E-state index contributed by atoms with van der Waals surface area (Å²) in [5.41, 5.74) is 0.167. The molecule has 1 N–H and O–H groups in total. The summed E-state index contributed by atoms with van der Waals surface area (Å²) in [5.74, 6) is 0.662. The van der Waals surface area contributed by atoms with E-state index in [1.54, 1.807) is 17.8 Å². The van der Waals surface area contributed by atoms with Gasteiger partial charge < -0.3 is 5.32 Å². The molecule has 8 heteroatoms. The second-order valence-electron chi connectivity index (χ2n) is 4.29. The summed E-state index contributed by atoms with van der Waals surface area (Å²) in [4.78, 5) is 0. The van der Waals surface area contributed by atoms with Crippen LogP contribution in [0.2, 0.25) is 0 Å². The smallest absolute Gasteiger partial charge is 0.366 e. The van der Waals surface area contributed by atoms with Gasteiger partial charge in [-0.05, 0) is 6.92 Å². The van der Waals surface area contributed by atoms with Crippen molar-refractivity contribution in [1.82, 2.24) is 19.6 Å². The Morgan fingerprint density at radius 1 is 1.26 bits per heavy atom. The summed E-state index contributed by atoms with van der Waals surface area (Å²) in [7, 11) is 3.00. The molecule has 0 aromatic carbocycles. The highest BCUT2D eigenvalue weighted by molar-refractivity contribution is 5.38. The number of hydrogen-bond donors (Lipinski definition) is 1. The lowest BCUT2D eigenvalue weighted by atomic mass is 10.2. The minimum Gasteiger partial charge on any atom is -0.366 e. The fourth-order valence-electron chi connectivity index (χ4n) is 1.94. The van der Waals surface area contributed by atoms with Crippen LogP contribution in [0.15, 0.2) is 12.3 Å². The van der Waals surface area contributed by atoms with Crippen molar-refractivity contribution in [3.8, 4) is 0 Å². The van der Waals surface area contributed by atoms with Gasteiger partial charge in [-0.25, -0.2) is 0 Å². The average molecular weight is 273 g/mol. The topological polar surface area (TPSA) is 47.7 Å². The maximum Gasteiger partial charge on any atom is 0.433 e. The summed E-state index contributed by atoms with van der Waals surface area (Å²) >= 11 is 0. The molecule has 2 rings (SSSR count). The molecule has 0 unspecified atom stereocenters. The maximum absolute atomic E-state index is 12.8. The van der Waals surface area contributed by atoms with Crippen LogP contribution in [-0.2, 0) is 26.8 Å². The zero-order chi connectivity index (χ0) is 14.2. The number of aromatic nitrogens is 4. The monoisotopic (exact) mass is 273 g/mol. The van der Waals surface area contributed by atoms with Gasteiger partial charge in [0, 0.05) is 32.3 Å². The van der Waals surface area contributed by atoms with Crippen molar-refractivity contribution in [3.63, 3.8) is 0 Å². The molecular weight excluding hydrogens is 259 g/mol. The molecule has 0 bridgehead atoms. The minimum absolute atomic E-state index is 0.0433. The number of alkyl halides is 3. The van der Waals surface area contributed by atoms with E-state index < -0.39 is 11.9 Å². The third kappa shape index (κ3) is 2.72. The molecular formula is C11H14F3N5. The average Bonchev–Trinajstić information content (AvgIpc) is 2.78. The van der Waals surface area contributed by atoms with Gasteiger partial charge in [0.05, 0.1) is 11.9 Å². The van der Waals surface area contributed by atoms with Gasteiger partial charge in [-0.15, -0.1) is 0 Å². The highest BCUT2D eigenvalue weighted by Crippen LogP contribution is 2.31. The number of nitrogens with zero attached hydrogens (tertiary/aromatic N) is 4. The van der Waals surface area contributed by atoms with E-state index in [1.165, 1.54) is 13.2 Å². The van der Waals surface area contributed by atoms with Crippen LogP contribution < -0.4 is 5.32 Å². The van der Waals surface area contributed by atoms with Crippen molar-refractivity contribution in [3.05, 3.63) is 29.2 Å². The lowest BCUT2D eigenvalue weighted by molar-refractivity contribution is -0.144. The highest BCUT2D eigenvalue weighted by atomic mass is 19.4. The predicted octanol–water partition coefficient (Wildman–Crippen LogP) is 2.09. The first kappa shape index (κ1) is 13.4. The van der Waals surface area contributed by atoms with Crippen LogP contribution in [0.5, 0.6) is 0 Å². The Balaban J connectivity index is 2.19. The van der Waals surface area contributed by atoms with Crippen LogP contribution in [0.4, 0.5) is 19.0 Å². The number of aryl methyl sites for hydroxylation is 3. The van der Waals surface area contributed by atoms with Crippen LogP contribution in [0.3, 0.4) is 0 Å². The van der Waals surface area contributed by atoms with Crippen molar-refractivity contribution < 1.29 is 13.2 Å². The van der Waals surface area contributed by atoms with Crippen LogP contribution in [-0.4, -0.2) is 19.6 Å². The van der Waals surface area contributed by atoms with E-state index in [-0.39, 0.29) is 12.1 Å². The zero-order valence-electron chi connectivity index (χ0n) is 10.8. The summed E-state index contributed by atoms with van der Waals surface area (Å²) in [6.07, 6.45) is -3.19. The molecule has 5 nitrogen and oxygen atoms in total. The fourth-order valence-corrected chi connectivity index (χ4v) is 1.94. The van der Waals surface area contributed by atoms with Crippen molar-refractivity contribution >= 4 is 5.82 Å². The summed E-state index contributed by atoms with van der Waals surface area (Å²) in [6, 6.07) is 1.77. The minimum atomic E-state index is -4.41. The maximum atomic E-state index is 12.8. The molecule has 0 aliphatic heterocycles. The van der Waals surface area contributed by atoms with Gasteiger partial charge in [0.25, 0.3) is 0 Å². The Morgan fingerprint density at radius 2 is 1.95 bits per heavy atom. The molecule has 2 aromatic rings. The Labute approximate surface area is 108 Å². The first-order valence-corrected chi connectivity index (χ1v) is 5.61. The lowest BCUT2D eigenvalue weighted by Gasteiger charge is -2.11. The summed E-state index contributed by atoms with van der Waals surface area (Å²) in [6.45, 7) is 1.86. The van der Waals surface area contributed by atoms with Gasteiger partial charge in [0.15, 0.2) is 0 Å².